The van der Waals surface area contributed by atoms with E-state index in [9.17, 15) is 0 Å². The van der Waals surface area contributed by atoms with E-state index >= 15 is 0 Å². The molecule has 86 valence electrons. The highest BCUT2D eigenvalue weighted by molar-refractivity contribution is 7.09. The van der Waals surface area contributed by atoms with Gasteiger partial charge >= 0.3 is 0 Å². The molecule has 0 aliphatic heterocycles. The second kappa shape index (κ2) is 6.36. The van der Waals surface area contributed by atoms with E-state index in [1.165, 1.54) is 4.88 Å². The van der Waals surface area contributed by atoms with E-state index in [-0.39, 0.29) is 12.4 Å². The Labute approximate surface area is 115 Å². The molecule has 5 heteroatoms. The van der Waals surface area contributed by atoms with Crippen LogP contribution in [0.3, 0.4) is 0 Å². The lowest BCUT2D eigenvalue weighted by Crippen LogP contribution is -1.97. The van der Waals surface area contributed by atoms with E-state index in [0.29, 0.717) is 10.0 Å². The second-order valence-electron chi connectivity index (χ2n) is 3.06. The third-order valence-electron chi connectivity index (χ3n) is 1.96. The van der Waals surface area contributed by atoms with Gasteiger partial charge in [-0.1, -0.05) is 29.3 Å². The molecule has 0 aliphatic carbocycles. The molecule has 0 radical (unpaired) electrons. The van der Waals surface area contributed by atoms with Crippen LogP contribution in [-0.4, -0.2) is 0 Å². The molecule has 1 nitrogen and oxygen atoms in total. The van der Waals surface area contributed by atoms with Gasteiger partial charge in [0.05, 0.1) is 10.7 Å². The molecule has 16 heavy (non-hydrogen) atoms. The predicted molar refractivity (Wildman–Crippen MR) is 75.4 cm³/mol. The zero-order valence-electron chi connectivity index (χ0n) is 8.24. The lowest BCUT2D eigenvalue weighted by molar-refractivity contribution is 1.19. The maximum absolute atomic E-state index is 6.02. The van der Waals surface area contributed by atoms with E-state index in [1.807, 2.05) is 12.1 Å². The Balaban J connectivity index is 0.00000128. The summed E-state index contributed by atoms with van der Waals surface area (Å²) >= 11 is 13.6. The molecular formula is C11H10Cl3NS. The number of hydrogen-bond acceptors (Lipinski definition) is 2. The molecule has 1 heterocycles. The van der Waals surface area contributed by atoms with Crippen molar-refractivity contribution >= 4 is 52.6 Å². The van der Waals surface area contributed by atoms with Crippen molar-refractivity contribution in [1.29, 1.82) is 0 Å². The number of nitrogens with one attached hydrogen (secondary N) is 1. The highest BCUT2D eigenvalue weighted by Gasteiger charge is 2.01. The SMILES string of the molecule is Cl.Clc1ccc(Cl)c(NCc2cccs2)c1. The summed E-state index contributed by atoms with van der Waals surface area (Å²) in [5.74, 6) is 0. The average molecular weight is 295 g/mol. The minimum absolute atomic E-state index is 0. The maximum atomic E-state index is 6.02. The second-order valence-corrected chi connectivity index (χ2v) is 4.93. The number of halogens is 3. The number of thiophene rings is 1. The molecule has 1 N–H and O–H groups in total. The van der Waals surface area contributed by atoms with Gasteiger partial charge in [0, 0.05) is 16.4 Å². The fourth-order valence-corrected chi connectivity index (χ4v) is 2.23. The van der Waals surface area contributed by atoms with Crippen LogP contribution in [0.5, 0.6) is 0 Å². The average Bonchev–Trinajstić information content (AvgIpc) is 2.72. The number of rotatable bonds is 3. The lowest BCUT2D eigenvalue weighted by Gasteiger charge is -2.07. The Morgan fingerprint density at radius 1 is 1.19 bits per heavy atom. The first kappa shape index (κ1) is 13.7. The van der Waals surface area contributed by atoms with Crippen LogP contribution in [0.25, 0.3) is 0 Å². The van der Waals surface area contributed by atoms with Gasteiger partial charge in [0.25, 0.3) is 0 Å². The summed E-state index contributed by atoms with van der Waals surface area (Å²) in [6.07, 6.45) is 0. The van der Waals surface area contributed by atoms with Gasteiger partial charge in [0.15, 0.2) is 0 Å². The monoisotopic (exact) mass is 293 g/mol. The van der Waals surface area contributed by atoms with Crippen molar-refractivity contribution in [2.75, 3.05) is 5.32 Å². The van der Waals surface area contributed by atoms with Crippen LogP contribution in [-0.2, 0) is 6.54 Å². The Morgan fingerprint density at radius 2 is 2.00 bits per heavy atom. The largest absolute Gasteiger partial charge is 0.379 e. The molecule has 0 saturated heterocycles. The molecule has 0 spiro atoms. The summed E-state index contributed by atoms with van der Waals surface area (Å²) in [5, 5.41) is 6.68. The van der Waals surface area contributed by atoms with Crippen LogP contribution in [0.2, 0.25) is 10.0 Å². The first-order valence-electron chi connectivity index (χ1n) is 4.47. The Hall–Kier alpha value is -0.410. The van der Waals surface area contributed by atoms with Crippen molar-refractivity contribution in [2.45, 2.75) is 6.54 Å². The van der Waals surface area contributed by atoms with E-state index in [0.717, 1.165) is 12.2 Å². The molecule has 0 unspecified atom stereocenters. The minimum atomic E-state index is 0. The summed E-state index contributed by atoms with van der Waals surface area (Å²) in [4.78, 5) is 1.27. The van der Waals surface area contributed by atoms with Gasteiger partial charge in [-0.25, -0.2) is 0 Å². The Bertz CT molecular complexity index is 442. The van der Waals surface area contributed by atoms with Gasteiger partial charge in [0.1, 0.15) is 0 Å². The first-order chi connectivity index (χ1) is 7.25. The first-order valence-corrected chi connectivity index (χ1v) is 6.10. The number of anilines is 1. The number of benzene rings is 1. The molecule has 0 atom stereocenters. The summed E-state index contributed by atoms with van der Waals surface area (Å²) in [7, 11) is 0. The molecular weight excluding hydrogens is 285 g/mol. The van der Waals surface area contributed by atoms with Crippen molar-refractivity contribution in [3.8, 4) is 0 Å². The van der Waals surface area contributed by atoms with Crippen LogP contribution in [0.4, 0.5) is 5.69 Å². The van der Waals surface area contributed by atoms with Gasteiger partial charge < -0.3 is 5.32 Å². The molecule has 0 bridgehead atoms. The lowest BCUT2D eigenvalue weighted by atomic mass is 10.3. The molecule has 0 fully saturated rings. The zero-order chi connectivity index (χ0) is 10.7. The standard InChI is InChI=1S/C11H9Cl2NS.ClH/c12-8-3-4-10(13)11(6-8)14-7-9-2-1-5-15-9;/h1-6,14H,7H2;1H. The summed E-state index contributed by atoms with van der Waals surface area (Å²) in [6.45, 7) is 0.776. The third kappa shape index (κ3) is 3.56. The van der Waals surface area contributed by atoms with Gasteiger partial charge in [0.2, 0.25) is 0 Å². The molecule has 0 aliphatic rings. The number of hydrogen-bond donors (Lipinski definition) is 1. The molecule has 0 saturated carbocycles. The van der Waals surface area contributed by atoms with E-state index in [1.54, 1.807) is 23.5 Å². The summed E-state index contributed by atoms with van der Waals surface area (Å²) in [6, 6.07) is 9.51. The van der Waals surface area contributed by atoms with Crippen molar-refractivity contribution in [3.63, 3.8) is 0 Å². The molecule has 1 aromatic carbocycles. The zero-order valence-corrected chi connectivity index (χ0v) is 11.4. The minimum Gasteiger partial charge on any atom is -0.379 e. The Morgan fingerprint density at radius 3 is 2.69 bits per heavy atom. The van der Waals surface area contributed by atoms with Crippen molar-refractivity contribution in [3.05, 3.63) is 50.6 Å². The summed E-state index contributed by atoms with van der Waals surface area (Å²) in [5.41, 5.74) is 0.873. The van der Waals surface area contributed by atoms with Gasteiger partial charge in [-0.2, -0.15) is 0 Å². The third-order valence-corrected chi connectivity index (χ3v) is 3.40. The van der Waals surface area contributed by atoms with Crippen LogP contribution in [0.1, 0.15) is 4.88 Å². The van der Waals surface area contributed by atoms with E-state index in [4.69, 9.17) is 23.2 Å². The van der Waals surface area contributed by atoms with Gasteiger partial charge in [-0.05, 0) is 29.6 Å². The quantitative estimate of drug-likeness (QED) is 0.831. The molecule has 1 aromatic heterocycles. The van der Waals surface area contributed by atoms with E-state index in [2.05, 4.69) is 16.8 Å². The van der Waals surface area contributed by atoms with Gasteiger partial charge in [-0.3, -0.25) is 0 Å². The molecule has 2 aromatic rings. The van der Waals surface area contributed by atoms with E-state index < -0.39 is 0 Å². The van der Waals surface area contributed by atoms with Gasteiger partial charge in [-0.15, -0.1) is 23.7 Å². The van der Waals surface area contributed by atoms with Crippen molar-refractivity contribution in [2.24, 2.45) is 0 Å². The fraction of sp³-hybridized carbons (Fsp3) is 0.0909. The topological polar surface area (TPSA) is 12.0 Å². The smallest absolute Gasteiger partial charge is 0.0638 e. The maximum Gasteiger partial charge on any atom is 0.0638 e. The molecule has 2 rings (SSSR count). The Kier molecular flexibility index (Phi) is 5.42. The van der Waals surface area contributed by atoms with Crippen molar-refractivity contribution < 1.29 is 0 Å². The fourth-order valence-electron chi connectivity index (χ4n) is 1.23. The highest BCUT2D eigenvalue weighted by Crippen LogP contribution is 2.26. The van der Waals surface area contributed by atoms with Crippen molar-refractivity contribution in [1.82, 2.24) is 0 Å². The summed E-state index contributed by atoms with van der Waals surface area (Å²) < 4.78 is 0. The normalized spacial score (nSPS) is 9.62. The van der Waals surface area contributed by atoms with Crippen LogP contribution in [0.15, 0.2) is 35.7 Å². The highest BCUT2D eigenvalue weighted by atomic mass is 35.5. The van der Waals surface area contributed by atoms with Crippen LogP contribution < -0.4 is 5.32 Å². The van der Waals surface area contributed by atoms with Crippen LogP contribution in [0, 0.1) is 0 Å². The predicted octanol–water partition coefficient (Wildman–Crippen LogP) is 5.09. The van der Waals surface area contributed by atoms with Crippen LogP contribution >= 0.6 is 46.9 Å². The molecule has 0 amide bonds.